The van der Waals surface area contributed by atoms with Gasteiger partial charge in [-0.05, 0) is 56.3 Å². The number of carbonyl (C=O) groups is 1. The van der Waals surface area contributed by atoms with E-state index < -0.39 is 0 Å². The van der Waals surface area contributed by atoms with E-state index in [0.29, 0.717) is 0 Å². The molecular weight excluding hydrogens is 200 g/mol. The van der Waals surface area contributed by atoms with Gasteiger partial charge in [0, 0.05) is 0 Å². The van der Waals surface area contributed by atoms with Crippen molar-refractivity contribution in [2.75, 3.05) is 0 Å². The summed E-state index contributed by atoms with van der Waals surface area (Å²) in [6.45, 7) is 0. The first-order valence-corrected chi connectivity index (χ1v) is 6.34. The van der Waals surface area contributed by atoms with E-state index in [-0.39, 0.29) is 18.0 Å². The lowest BCUT2D eigenvalue weighted by atomic mass is 9.54. The highest BCUT2D eigenvalue weighted by Crippen LogP contribution is 2.57. The van der Waals surface area contributed by atoms with E-state index in [1.165, 1.54) is 19.3 Å². The van der Waals surface area contributed by atoms with Crippen molar-refractivity contribution >= 4 is 5.97 Å². The summed E-state index contributed by atoms with van der Waals surface area (Å²) in [7, 11) is 0. The highest BCUT2D eigenvalue weighted by atomic mass is 16.6. The third kappa shape index (κ3) is 1.63. The average Bonchev–Trinajstić information content (AvgIpc) is 2.13. The van der Waals surface area contributed by atoms with Crippen LogP contribution in [-0.2, 0) is 9.53 Å². The van der Waals surface area contributed by atoms with Crippen LogP contribution in [0.5, 0.6) is 0 Å². The summed E-state index contributed by atoms with van der Waals surface area (Å²) in [6.07, 6.45) is 12.7. The van der Waals surface area contributed by atoms with Crippen molar-refractivity contribution in [2.24, 2.45) is 17.8 Å². The van der Waals surface area contributed by atoms with E-state index in [1.807, 2.05) is 0 Å². The third-order valence-electron chi connectivity index (χ3n) is 4.56. The molecule has 0 heterocycles. The molecule has 0 aromatic rings. The van der Waals surface area contributed by atoms with Gasteiger partial charge in [0.25, 0.3) is 0 Å². The van der Waals surface area contributed by atoms with Gasteiger partial charge in [0.2, 0.25) is 0 Å². The molecule has 16 heavy (non-hydrogen) atoms. The summed E-state index contributed by atoms with van der Waals surface area (Å²) in [5.41, 5.74) is -0.122. The number of esters is 1. The Morgan fingerprint density at radius 2 is 1.69 bits per heavy atom. The van der Waals surface area contributed by atoms with Gasteiger partial charge in [-0.3, -0.25) is 4.79 Å². The molecule has 0 atom stereocenters. The fourth-order valence-corrected chi connectivity index (χ4v) is 4.52. The Bertz CT molecular complexity index is 315. The van der Waals surface area contributed by atoms with Crippen molar-refractivity contribution < 1.29 is 9.53 Å². The SMILES string of the molecule is C#CCC(=O)OC12CC3CC(CC(C3)C1)C2. The molecule has 0 spiro atoms. The molecule has 0 saturated heterocycles. The van der Waals surface area contributed by atoms with Crippen molar-refractivity contribution in [2.45, 2.75) is 50.5 Å². The number of carbonyl (C=O) groups excluding carboxylic acids is 1. The van der Waals surface area contributed by atoms with Crippen LogP contribution in [0.15, 0.2) is 0 Å². The summed E-state index contributed by atoms with van der Waals surface area (Å²) in [5, 5.41) is 0. The first-order chi connectivity index (χ1) is 7.69. The lowest BCUT2D eigenvalue weighted by Crippen LogP contribution is -2.52. The van der Waals surface area contributed by atoms with Gasteiger partial charge in [-0.25, -0.2) is 0 Å². The Labute approximate surface area is 96.7 Å². The van der Waals surface area contributed by atoms with Crippen LogP contribution in [0.3, 0.4) is 0 Å². The average molecular weight is 218 g/mol. The summed E-state index contributed by atoms with van der Waals surface area (Å²) < 4.78 is 5.71. The summed E-state index contributed by atoms with van der Waals surface area (Å²) in [4.78, 5) is 11.6. The second-order valence-electron chi connectivity index (χ2n) is 5.96. The number of terminal acetylenes is 1. The zero-order valence-corrected chi connectivity index (χ0v) is 9.58. The molecular formula is C14H18O2. The van der Waals surface area contributed by atoms with E-state index in [1.54, 1.807) is 0 Å². The van der Waals surface area contributed by atoms with Crippen LogP contribution in [-0.4, -0.2) is 11.6 Å². The Morgan fingerprint density at radius 1 is 1.19 bits per heavy atom. The molecule has 4 aliphatic carbocycles. The molecule has 4 bridgehead atoms. The minimum absolute atomic E-state index is 0.122. The molecule has 0 aliphatic heterocycles. The van der Waals surface area contributed by atoms with E-state index in [4.69, 9.17) is 11.2 Å². The molecule has 4 fully saturated rings. The first-order valence-electron chi connectivity index (χ1n) is 6.34. The Hall–Kier alpha value is -0.970. The predicted octanol–water partition coefficient (Wildman–Crippen LogP) is 2.52. The van der Waals surface area contributed by atoms with E-state index in [9.17, 15) is 4.79 Å². The molecule has 2 nitrogen and oxygen atoms in total. The molecule has 4 rings (SSSR count). The van der Waals surface area contributed by atoms with Crippen LogP contribution in [0.2, 0.25) is 0 Å². The van der Waals surface area contributed by atoms with Crippen molar-refractivity contribution in [1.29, 1.82) is 0 Å². The Balaban J connectivity index is 1.74. The van der Waals surface area contributed by atoms with Gasteiger partial charge in [0.15, 0.2) is 0 Å². The maximum Gasteiger partial charge on any atom is 0.318 e. The maximum atomic E-state index is 11.6. The quantitative estimate of drug-likeness (QED) is 0.526. The zero-order valence-electron chi connectivity index (χ0n) is 9.58. The molecule has 0 aromatic carbocycles. The maximum absolute atomic E-state index is 11.6. The normalized spacial score (nSPS) is 44.1. The summed E-state index contributed by atoms with van der Waals surface area (Å²) >= 11 is 0. The minimum Gasteiger partial charge on any atom is -0.458 e. The van der Waals surface area contributed by atoms with Crippen molar-refractivity contribution in [1.82, 2.24) is 0 Å². The second kappa shape index (κ2) is 3.52. The zero-order chi connectivity index (χ0) is 11.2. The number of hydrogen-bond acceptors (Lipinski definition) is 2. The van der Waals surface area contributed by atoms with Gasteiger partial charge in [0.1, 0.15) is 12.0 Å². The first kappa shape index (κ1) is 10.2. The van der Waals surface area contributed by atoms with E-state index >= 15 is 0 Å². The fourth-order valence-electron chi connectivity index (χ4n) is 4.52. The smallest absolute Gasteiger partial charge is 0.318 e. The highest BCUT2D eigenvalue weighted by molar-refractivity contribution is 5.72. The van der Waals surface area contributed by atoms with Crippen molar-refractivity contribution in [3.63, 3.8) is 0 Å². The van der Waals surface area contributed by atoms with Crippen LogP contribution in [0.25, 0.3) is 0 Å². The van der Waals surface area contributed by atoms with Crippen LogP contribution >= 0.6 is 0 Å². The molecule has 86 valence electrons. The number of ether oxygens (including phenoxy) is 1. The molecule has 4 aliphatic rings. The van der Waals surface area contributed by atoms with Crippen molar-refractivity contribution in [3.05, 3.63) is 0 Å². The largest absolute Gasteiger partial charge is 0.458 e. The predicted molar refractivity (Wildman–Crippen MR) is 60.4 cm³/mol. The third-order valence-corrected chi connectivity index (χ3v) is 4.56. The molecule has 0 aromatic heterocycles. The minimum atomic E-state index is -0.190. The molecule has 0 unspecified atom stereocenters. The highest BCUT2D eigenvalue weighted by Gasteiger charge is 2.53. The van der Waals surface area contributed by atoms with Crippen LogP contribution < -0.4 is 0 Å². The van der Waals surface area contributed by atoms with Gasteiger partial charge >= 0.3 is 5.97 Å². The Kier molecular flexibility index (Phi) is 2.24. The van der Waals surface area contributed by atoms with Crippen LogP contribution in [0.1, 0.15) is 44.9 Å². The summed E-state index contributed by atoms with van der Waals surface area (Å²) in [6, 6.07) is 0. The van der Waals surface area contributed by atoms with Gasteiger partial charge in [-0.15, -0.1) is 6.42 Å². The van der Waals surface area contributed by atoms with Gasteiger partial charge in [0.05, 0.1) is 0 Å². The molecule has 4 saturated carbocycles. The molecule has 2 heteroatoms. The molecule has 0 radical (unpaired) electrons. The van der Waals surface area contributed by atoms with E-state index in [2.05, 4.69) is 5.92 Å². The lowest BCUT2D eigenvalue weighted by Gasteiger charge is -2.55. The van der Waals surface area contributed by atoms with Crippen molar-refractivity contribution in [3.8, 4) is 12.3 Å². The monoisotopic (exact) mass is 218 g/mol. The Morgan fingerprint density at radius 3 is 2.12 bits per heavy atom. The van der Waals surface area contributed by atoms with Gasteiger partial charge < -0.3 is 4.74 Å². The second-order valence-corrected chi connectivity index (χ2v) is 5.96. The molecule has 0 N–H and O–H groups in total. The van der Waals surface area contributed by atoms with Crippen LogP contribution in [0.4, 0.5) is 0 Å². The number of rotatable bonds is 2. The van der Waals surface area contributed by atoms with E-state index in [0.717, 1.165) is 37.0 Å². The van der Waals surface area contributed by atoms with Gasteiger partial charge in [-0.2, -0.15) is 0 Å². The topological polar surface area (TPSA) is 26.3 Å². The lowest BCUT2D eigenvalue weighted by molar-refractivity contribution is -0.185. The van der Waals surface area contributed by atoms with Crippen LogP contribution in [0, 0.1) is 30.1 Å². The number of hydrogen-bond donors (Lipinski definition) is 0. The standard InChI is InChI=1S/C14H18O2/c1-2-3-13(15)16-14-7-10-4-11(8-14)6-12(5-10)9-14/h1,10-12H,3-9H2. The van der Waals surface area contributed by atoms with Gasteiger partial charge in [-0.1, -0.05) is 5.92 Å². The fraction of sp³-hybridized carbons (Fsp3) is 0.786. The molecule has 0 amide bonds. The summed E-state index contributed by atoms with van der Waals surface area (Å²) in [5.74, 6) is 4.62.